The number of anilines is 1. The second-order valence-electron chi connectivity index (χ2n) is 5.66. The molecular formula is C17H19N5. The number of hydrogen-bond donors (Lipinski definition) is 1. The highest BCUT2D eigenvalue weighted by atomic mass is 15.2. The van der Waals surface area contributed by atoms with Gasteiger partial charge in [-0.2, -0.15) is 0 Å². The third-order valence-electron chi connectivity index (χ3n) is 4.22. The lowest BCUT2D eigenvalue weighted by molar-refractivity contribution is 0.708. The molecule has 5 heteroatoms. The molecule has 1 N–H and O–H groups in total. The van der Waals surface area contributed by atoms with Crippen LogP contribution in [0.2, 0.25) is 0 Å². The summed E-state index contributed by atoms with van der Waals surface area (Å²) in [5, 5.41) is 3.46. The molecule has 0 unspecified atom stereocenters. The van der Waals surface area contributed by atoms with Crippen molar-refractivity contribution in [2.75, 3.05) is 31.1 Å². The zero-order valence-corrected chi connectivity index (χ0v) is 12.5. The van der Waals surface area contributed by atoms with Crippen LogP contribution >= 0.6 is 0 Å². The van der Waals surface area contributed by atoms with Gasteiger partial charge in [0, 0.05) is 49.6 Å². The maximum atomic E-state index is 4.90. The number of hydrogen-bond acceptors (Lipinski definition) is 5. The van der Waals surface area contributed by atoms with Crippen LogP contribution in [0.5, 0.6) is 0 Å². The Hall–Kier alpha value is -2.27. The van der Waals surface area contributed by atoms with E-state index in [-0.39, 0.29) is 0 Å². The molecule has 4 heterocycles. The maximum absolute atomic E-state index is 4.90. The van der Waals surface area contributed by atoms with Crippen LogP contribution in [0.3, 0.4) is 0 Å². The Labute approximate surface area is 130 Å². The van der Waals surface area contributed by atoms with Gasteiger partial charge in [0.15, 0.2) is 5.82 Å². The standard InChI is InChI=1S/C17H19N5/c1-2-12-22(11-1)17-14-5-9-19-10-6-15(14)20-16(21-17)13-3-7-18-8-4-13/h1-4,7-8,19H,5-6,9-12H2. The molecule has 0 spiro atoms. The molecule has 0 amide bonds. The summed E-state index contributed by atoms with van der Waals surface area (Å²) in [6.45, 7) is 3.86. The van der Waals surface area contributed by atoms with Gasteiger partial charge >= 0.3 is 0 Å². The van der Waals surface area contributed by atoms with E-state index in [0.717, 1.165) is 56.2 Å². The largest absolute Gasteiger partial charge is 0.349 e. The molecule has 2 aliphatic heterocycles. The predicted molar refractivity (Wildman–Crippen MR) is 86.9 cm³/mol. The Bertz CT molecular complexity index is 688. The highest BCUT2D eigenvalue weighted by Gasteiger charge is 2.21. The molecule has 112 valence electrons. The fourth-order valence-corrected chi connectivity index (χ4v) is 3.07. The minimum Gasteiger partial charge on any atom is -0.349 e. The number of fused-ring (bicyclic) bond motifs is 1. The van der Waals surface area contributed by atoms with E-state index in [4.69, 9.17) is 9.97 Å². The van der Waals surface area contributed by atoms with Crippen molar-refractivity contribution in [1.82, 2.24) is 20.3 Å². The number of aromatic nitrogens is 3. The van der Waals surface area contributed by atoms with E-state index in [2.05, 4.69) is 27.4 Å². The monoisotopic (exact) mass is 293 g/mol. The van der Waals surface area contributed by atoms with Gasteiger partial charge in [-0.05, 0) is 25.1 Å². The van der Waals surface area contributed by atoms with Crippen molar-refractivity contribution >= 4 is 5.82 Å². The zero-order chi connectivity index (χ0) is 14.8. The summed E-state index contributed by atoms with van der Waals surface area (Å²) in [5.74, 6) is 1.91. The van der Waals surface area contributed by atoms with Gasteiger partial charge < -0.3 is 10.2 Å². The molecule has 2 aromatic heterocycles. The van der Waals surface area contributed by atoms with E-state index >= 15 is 0 Å². The van der Waals surface area contributed by atoms with Crippen molar-refractivity contribution in [3.63, 3.8) is 0 Å². The summed E-state index contributed by atoms with van der Waals surface area (Å²) in [4.78, 5) is 16.2. The normalized spacial score (nSPS) is 17.4. The summed E-state index contributed by atoms with van der Waals surface area (Å²) in [6, 6.07) is 3.95. The number of nitrogens with one attached hydrogen (secondary N) is 1. The number of pyridine rings is 1. The Morgan fingerprint density at radius 3 is 2.55 bits per heavy atom. The van der Waals surface area contributed by atoms with Crippen LogP contribution in [-0.2, 0) is 12.8 Å². The Balaban J connectivity index is 1.84. The van der Waals surface area contributed by atoms with Crippen molar-refractivity contribution < 1.29 is 0 Å². The molecule has 4 rings (SSSR count). The highest BCUT2D eigenvalue weighted by Crippen LogP contribution is 2.27. The van der Waals surface area contributed by atoms with E-state index in [1.165, 1.54) is 11.3 Å². The first-order valence-corrected chi connectivity index (χ1v) is 7.82. The molecule has 0 bridgehead atoms. The molecule has 2 aliphatic rings. The lowest BCUT2D eigenvalue weighted by atomic mass is 10.1. The third-order valence-corrected chi connectivity index (χ3v) is 4.22. The maximum Gasteiger partial charge on any atom is 0.161 e. The predicted octanol–water partition coefficient (Wildman–Crippen LogP) is 1.60. The number of rotatable bonds is 2. The average molecular weight is 293 g/mol. The summed E-state index contributed by atoms with van der Waals surface area (Å²) in [7, 11) is 0. The van der Waals surface area contributed by atoms with Crippen molar-refractivity contribution in [3.05, 3.63) is 47.9 Å². The van der Waals surface area contributed by atoms with Gasteiger partial charge in [0.05, 0.1) is 5.69 Å². The molecule has 2 aromatic rings. The van der Waals surface area contributed by atoms with Crippen molar-refractivity contribution in [1.29, 1.82) is 0 Å². The molecule has 5 nitrogen and oxygen atoms in total. The summed E-state index contributed by atoms with van der Waals surface area (Å²) >= 11 is 0. The van der Waals surface area contributed by atoms with E-state index in [1.807, 2.05) is 12.1 Å². The minimum atomic E-state index is 0.810. The molecule has 0 radical (unpaired) electrons. The van der Waals surface area contributed by atoms with Gasteiger partial charge in [-0.15, -0.1) is 0 Å². The minimum absolute atomic E-state index is 0.810. The quantitative estimate of drug-likeness (QED) is 0.853. The van der Waals surface area contributed by atoms with Gasteiger partial charge in [-0.1, -0.05) is 12.2 Å². The first-order valence-electron chi connectivity index (χ1n) is 7.82. The second-order valence-corrected chi connectivity index (χ2v) is 5.66. The molecule has 0 saturated heterocycles. The van der Waals surface area contributed by atoms with E-state index in [1.54, 1.807) is 12.4 Å². The number of nitrogens with zero attached hydrogens (tertiary/aromatic N) is 4. The highest BCUT2D eigenvalue weighted by molar-refractivity contribution is 5.61. The van der Waals surface area contributed by atoms with Crippen molar-refractivity contribution in [3.8, 4) is 11.4 Å². The summed E-state index contributed by atoms with van der Waals surface area (Å²) in [5.41, 5.74) is 3.53. The second kappa shape index (κ2) is 5.85. The summed E-state index contributed by atoms with van der Waals surface area (Å²) in [6.07, 6.45) is 9.96. The van der Waals surface area contributed by atoms with E-state index < -0.39 is 0 Å². The van der Waals surface area contributed by atoms with Crippen LogP contribution in [0.1, 0.15) is 11.3 Å². The first kappa shape index (κ1) is 13.4. The lowest BCUT2D eigenvalue weighted by Crippen LogP contribution is -2.23. The van der Waals surface area contributed by atoms with E-state index in [9.17, 15) is 0 Å². The van der Waals surface area contributed by atoms with Crippen molar-refractivity contribution in [2.45, 2.75) is 12.8 Å². The zero-order valence-electron chi connectivity index (χ0n) is 12.5. The van der Waals surface area contributed by atoms with Crippen LogP contribution in [0.15, 0.2) is 36.7 Å². The van der Waals surface area contributed by atoms with Gasteiger partial charge in [-0.25, -0.2) is 9.97 Å². The lowest BCUT2D eigenvalue weighted by Gasteiger charge is -2.22. The molecular weight excluding hydrogens is 274 g/mol. The SMILES string of the molecule is C1=CCN(c2nc(-c3ccncc3)nc3c2CCNCC3)C1. The topological polar surface area (TPSA) is 53.9 Å². The fourth-order valence-electron chi connectivity index (χ4n) is 3.07. The molecule has 0 aromatic carbocycles. The Morgan fingerprint density at radius 1 is 0.955 bits per heavy atom. The van der Waals surface area contributed by atoms with Gasteiger partial charge in [0.25, 0.3) is 0 Å². The smallest absolute Gasteiger partial charge is 0.161 e. The van der Waals surface area contributed by atoms with Gasteiger partial charge in [0.2, 0.25) is 0 Å². The van der Waals surface area contributed by atoms with Crippen LogP contribution in [0.4, 0.5) is 5.82 Å². The molecule has 0 saturated carbocycles. The molecule has 22 heavy (non-hydrogen) atoms. The van der Waals surface area contributed by atoms with Crippen LogP contribution in [-0.4, -0.2) is 41.1 Å². The first-order chi connectivity index (χ1) is 10.9. The van der Waals surface area contributed by atoms with Gasteiger partial charge in [0.1, 0.15) is 5.82 Å². The van der Waals surface area contributed by atoms with E-state index in [0.29, 0.717) is 0 Å². The van der Waals surface area contributed by atoms with Crippen LogP contribution in [0.25, 0.3) is 11.4 Å². The van der Waals surface area contributed by atoms with Crippen LogP contribution < -0.4 is 10.2 Å². The average Bonchev–Trinajstić information content (AvgIpc) is 3.00. The molecule has 0 atom stereocenters. The van der Waals surface area contributed by atoms with Gasteiger partial charge in [-0.3, -0.25) is 4.98 Å². The van der Waals surface area contributed by atoms with Crippen molar-refractivity contribution in [2.24, 2.45) is 0 Å². The fraction of sp³-hybridized carbons (Fsp3) is 0.353. The van der Waals surface area contributed by atoms with Crippen LogP contribution in [0, 0.1) is 0 Å². The Morgan fingerprint density at radius 2 is 1.73 bits per heavy atom. The third kappa shape index (κ3) is 2.48. The Kier molecular flexibility index (Phi) is 3.56. The summed E-state index contributed by atoms with van der Waals surface area (Å²) < 4.78 is 0. The molecule has 0 fully saturated rings. The molecule has 0 aliphatic carbocycles.